The molecule has 0 aliphatic carbocycles. The summed E-state index contributed by atoms with van der Waals surface area (Å²) in [5.41, 5.74) is 5.49. The van der Waals surface area contributed by atoms with Crippen LogP contribution in [0.2, 0.25) is 0 Å². The fraction of sp³-hybridized carbons (Fsp3) is 0.0741. The van der Waals surface area contributed by atoms with Crippen LogP contribution in [0.4, 0.5) is 0 Å². The van der Waals surface area contributed by atoms with Crippen molar-refractivity contribution < 1.29 is 9.53 Å². The van der Waals surface area contributed by atoms with Gasteiger partial charge in [0.15, 0.2) is 4.34 Å². The Hall–Kier alpha value is -3.68. The van der Waals surface area contributed by atoms with Gasteiger partial charge >= 0.3 is 0 Å². The second-order valence-electron chi connectivity index (χ2n) is 7.50. The van der Waals surface area contributed by atoms with Gasteiger partial charge in [0.2, 0.25) is 0 Å². The Bertz CT molecular complexity index is 1430. The topological polar surface area (TPSA) is 63.6 Å². The van der Waals surface area contributed by atoms with E-state index < -0.39 is 0 Å². The van der Waals surface area contributed by atoms with Crippen molar-refractivity contribution in [1.29, 1.82) is 0 Å². The minimum Gasteiger partial charge on any atom is -0.488 e. The van der Waals surface area contributed by atoms with Crippen molar-refractivity contribution in [2.75, 3.05) is 5.75 Å². The predicted molar refractivity (Wildman–Crippen MR) is 141 cm³/mol. The van der Waals surface area contributed by atoms with Crippen LogP contribution in [0.25, 0.3) is 21.0 Å². The van der Waals surface area contributed by atoms with Crippen LogP contribution >= 0.6 is 23.1 Å². The van der Waals surface area contributed by atoms with E-state index in [0.717, 1.165) is 36.5 Å². The molecule has 0 aliphatic heterocycles. The molecule has 1 heterocycles. The van der Waals surface area contributed by atoms with Crippen molar-refractivity contribution in [3.63, 3.8) is 0 Å². The molecule has 1 amide bonds. The molecule has 4 aromatic carbocycles. The summed E-state index contributed by atoms with van der Waals surface area (Å²) in [4.78, 5) is 16.9. The fourth-order valence-corrected chi connectivity index (χ4v) is 5.37. The van der Waals surface area contributed by atoms with Gasteiger partial charge < -0.3 is 4.74 Å². The first kappa shape index (κ1) is 22.1. The van der Waals surface area contributed by atoms with Gasteiger partial charge in [0.1, 0.15) is 12.4 Å². The van der Waals surface area contributed by atoms with Crippen LogP contribution in [-0.2, 0) is 11.4 Å². The maximum absolute atomic E-state index is 12.4. The minimum atomic E-state index is -0.188. The Morgan fingerprint density at radius 3 is 2.65 bits per heavy atom. The molecule has 0 aliphatic rings. The smallest absolute Gasteiger partial charge is 0.250 e. The van der Waals surface area contributed by atoms with Gasteiger partial charge in [-0.15, -0.1) is 11.3 Å². The molecular weight excluding hydrogens is 462 g/mol. The monoisotopic (exact) mass is 483 g/mol. The summed E-state index contributed by atoms with van der Waals surface area (Å²) in [5, 5.41) is 6.31. The highest BCUT2D eigenvalue weighted by Crippen LogP contribution is 2.29. The molecule has 168 valence electrons. The molecule has 5 aromatic rings. The summed E-state index contributed by atoms with van der Waals surface area (Å²) in [6, 6.07) is 30.0. The molecular formula is C27H21N3O2S2. The van der Waals surface area contributed by atoms with Gasteiger partial charge in [0.05, 0.1) is 22.2 Å². The SMILES string of the molecule is O=C(CSc1nc2ccccc2s1)N/N=C\c1c(OCc2ccccc2)ccc2ccccc12. The number of thiazole rings is 1. The number of aromatic nitrogens is 1. The zero-order chi connectivity index (χ0) is 23.2. The van der Waals surface area contributed by atoms with E-state index in [-0.39, 0.29) is 11.7 Å². The molecule has 0 bridgehead atoms. The van der Waals surface area contributed by atoms with E-state index in [9.17, 15) is 4.79 Å². The van der Waals surface area contributed by atoms with Crippen molar-refractivity contribution in [2.24, 2.45) is 5.10 Å². The first-order valence-electron chi connectivity index (χ1n) is 10.7. The summed E-state index contributed by atoms with van der Waals surface area (Å²) in [7, 11) is 0. The normalized spacial score (nSPS) is 11.3. The fourth-order valence-electron chi connectivity index (χ4n) is 3.51. The summed E-state index contributed by atoms with van der Waals surface area (Å²) in [5.74, 6) is 0.765. The lowest BCUT2D eigenvalue weighted by molar-refractivity contribution is -0.118. The number of ether oxygens (including phenoxy) is 1. The summed E-state index contributed by atoms with van der Waals surface area (Å²) >= 11 is 2.99. The number of carbonyl (C=O) groups excluding carboxylic acids is 1. The molecule has 0 radical (unpaired) electrons. The third-order valence-corrected chi connectivity index (χ3v) is 7.33. The molecule has 7 heteroatoms. The molecule has 1 aromatic heterocycles. The van der Waals surface area contributed by atoms with E-state index in [1.807, 2.05) is 91.0 Å². The average molecular weight is 484 g/mol. The van der Waals surface area contributed by atoms with Gasteiger partial charge in [-0.1, -0.05) is 84.6 Å². The first-order chi connectivity index (χ1) is 16.8. The summed E-state index contributed by atoms with van der Waals surface area (Å²) in [6.45, 7) is 0.450. The lowest BCUT2D eigenvalue weighted by atomic mass is 10.0. The van der Waals surface area contributed by atoms with Crippen molar-refractivity contribution in [3.05, 3.63) is 102 Å². The van der Waals surface area contributed by atoms with Crippen molar-refractivity contribution in [2.45, 2.75) is 10.9 Å². The quantitative estimate of drug-likeness (QED) is 0.160. The molecule has 0 saturated heterocycles. The van der Waals surface area contributed by atoms with Crippen LogP contribution in [0.3, 0.4) is 0 Å². The Labute approximate surface area is 205 Å². The molecule has 5 rings (SSSR count). The van der Waals surface area contributed by atoms with E-state index in [0.29, 0.717) is 12.4 Å². The van der Waals surface area contributed by atoms with Gasteiger partial charge in [-0.05, 0) is 34.5 Å². The van der Waals surface area contributed by atoms with E-state index in [4.69, 9.17) is 4.74 Å². The van der Waals surface area contributed by atoms with Gasteiger partial charge in [-0.2, -0.15) is 5.10 Å². The van der Waals surface area contributed by atoms with Gasteiger partial charge in [0.25, 0.3) is 5.91 Å². The highest BCUT2D eigenvalue weighted by Gasteiger charge is 2.09. The minimum absolute atomic E-state index is 0.188. The molecule has 34 heavy (non-hydrogen) atoms. The van der Waals surface area contributed by atoms with Crippen molar-refractivity contribution in [1.82, 2.24) is 10.4 Å². The number of rotatable bonds is 8. The largest absolute Gasteiger partial charge is 0.488 e. The number of benzene rings is 4. The third-order valence-electron chi connectivity index (χ3n) is 5.15. The number of nitrogens with zero attached hydrogens (tertiary/aromatic N) is 2. The summed E-state index contributed by atoms with van der Waals surface area (Å²) in [6.07, 6.45) is 1.66. The maximum Gasteiger partial charge on any atom is 0.250 e. The number of carbonyl (C=O) groups is 1. The standard InChI is InChI=1S/C27H21N3O2S2/c31-26(18-33-27-29-23-12-6-7-13-25(23)34-27)30-28-16-22-21-11-5-4-10-20(21)14-15-24(22)32-17-19-8-2-1-3-9-19/h1-16H,17-18H2,(H,30,31)/b28-16-. The van der Waals surface area contributed by atoms with E-state index in [2.05, 4.69) is 15.5 Å². The number of hydrogen-bond acceptors (Lipinski definition) is 6. The Morgan fingerprint density at radius 2 is 1.76 bits per heavy atom. The first-order valence-corrected chi connectivity index (χ1v) is 12.6. The highest BCUT2D eigenvalue weighted by molar-refractivity contribution is 8.01. The molecule has 1 N–H and O–H groups in total. The molecule has 5 nitrogen and oxygen atoms in total. The number of hydrogen-bond donors (Lipinski definition) is 1. The average Bonchev–Trinajstić information content (AvgIpc) is 3.30. The van der Waals surface area contributed by atoms with E-state index >= 15 is 0 Å². The van der Waals surface area contributed by atoms with E-state index in [1.54, 1.807) is 17.6 Å². The summed E-state index contributed by atoms with van der Waals surface area (Å²) < 4.78 is 8.09. The van der Waals surface area contributed by atoms with E-state index in [1.165, 1.54) is 11.8 Å². The van der Waals surface area contributed by atoms with Gasteiger partial charge in [0, 0.05) is 5.56 Å². The maximum atomic E-state index is 12.4. The molecule has 0 fully saturated rings. The molecule has 0 spiro atoms. The molecule has 0 saturated carbocycles. The lowest BCUT2D eigenvalue weighted by Crippen LogP contribution is -2.19. The van der Waals surface area contributed by atoms with Crippen molar-refractivity contribution in [3.8, 4) is 5.75 Å². The lowest BCUT2D eigenvalue weighted by Gasteiger charge is -2.12. The Morgan fingerprint density at radius 1 is 0.971 bits per heavy atom. The number of fused-ring (bicyclic) bond motifs is 2. The van der Waals surface area contributed by atoms with Crippen LogP contribution < -0.4 is 10.2 Å². The third kappa shape index (κ3) is 5.27. The van der Waals surface area contributed by atoms with Gasteiger partial charge in [-0.25, -0.2) is 10.4 Å². The van der Waals surface area contributed by atoms with Crippen LogP contribution in [0.1, 0.15) is 11.1 Å². The number of nitrogens with one attached hydrogen (secondary N) is 1. The highest BCUT2D eigenvalue weighted by atomic mass is 32.2. The number of amides is 1. The molecule has 0 unspecified atom stereocenters. The Balaban J connectivity index is 1.27. The number of thioether (sulfide) groups is 1. The van der Waals surface area contributed by atoms with Crippen molar-refractivity contribution >= 4 is 56.2 Å². The second-order valence-corrected chi connectivity index (χ2v) is 9.76. The zero-order valence-corrected chi connectivity index (χ0v) is 19.8. The van der Waals surface area contributed by atoms with Crippen LogP contribution in [-0.4, -0.2) is 22.9 Å². The molecule has 0 atom stereocenters. The Kier molecular flexibility index (Phi) is 6.84. The van der Waals surface area contributed by atoms with Crippen LogP contribution in [0, 0.1) is 0 Å². The number of para-hydroxylation sites is 1. The van der Waals surface area contributed by atoms with Crippen LogP contribution in [0.5, 0.6) is 5.75 Å². The van der Waals surface area contributed by atoms with Crippen LogP contribution in [0.15, 0.2) is 100 Å². The predicted octanol–water partition coefficient (Wildman–Crippen LogP) is 6.27. The second kappa shape index (κ2) is 10.5. The van der Waals surface area contributed by atoms with Gasteiger partial charge in [-0.3, -0.25) is 4.79 Å². The number of hydrazone groups is 1. The zero-order valence-electron chi connectivity index (χ0n) is 18.2.